The van der Waals surface area contributed by atoms with Crippen LogP contribution >= 0.6 is 11.6 Å². The molecule has 6 nitrogen and oxygen atoms in total. The van der Waals surface area contributed by atoms with E-state index in [4.69, 9.17) is 16.7 Å². The number of aromatic nitrogens is 1. The molecule has 0 radical (unpaired) electrons. The number of aromatic carboxylic acids is 1. The van der Waals surface area contributed by atoms with Crippen LogP contribution in [0.2, 0.25) is 5.02 Å². The summed E-state index contributed by atoms with van der Waals surface area (Å²) in [6.07, 6.45) is 0. The van der Waals surface area contributed by atoms with E-state index in [0.29, 0.717) is 0 Å². The molecule has 0 bridgehead atoms. The first-order valence-corrected chi connectivity index (χ1v) is 5.88. The summed E-state index contributed by atoms with van der Waals surface area (Å²) in [5, 5.41) is 11.5. The average molecular weight is 293 g/mol. The number of hydrogen-bond acceptors (Lipinski definition) is 3. The topological polar surface area (TPSA) is 99.3 Å². The molecule has 2 rings (SSSR count). The molecule has 102 valence electrons. The standard InChI is InChI=1S/C13H9ClN2O4/c14-9-5-4-7(6-8(9)13(19)20)15-12(18)10-2-1-3-11(17)16-10/h1-6H,(H,15,18)(H,16,17)(H,19,20). The van der Waals surface area contributed by atoms with Crippen molar-refractivity contribution < 1.29 is 14.7 Å². The third kappa shape index (κ3) is 3.04. The molecule has 3 N–H and O–H groups in total. The summed E-state index contributed by atoms with van der Waals surface area (Å²) in [5.41, 5.74) is -0.183. The first kappa shape index (κ1) is 13.8. The molecular weight excluding hydrogens is 284 g/mol. The summed E-state index contributed by atoms with van der Waals surface area (Å²) >= 11 is 5.72. The van der Waals surface area contributed by atoms with Gasteiger partial charge in [-0.15, -0.1) is 0 Å². The number of pyridine rings is 1. The highest BCUT2D eigenvalue weighted by atomic mass is 35.5. The lowest BCUT2D eigenvalue weighted by Gasteiger charge is -2.07. The number of carboxylic acid groups (broad SMARTS) is 1. The van der Waals surface area contributed by atoms with Gasteiger partial charge in [0.2, 0.25) is 5.56 Å². The SMILES string of the molecule is O=C(Nc1ccc(Cl)c(C(=O)O)c1)c1cccc(=O)[nH]1. The molecule has 20 heavy (non-hydrogen) atoms. The summed E-state index contributed by atoms with van der Waals surface area (Å²) < 4.78 is 0. The van der Waals surface area contributed by atoms with Crippen LogP contribution < -0.4 is 10.9 Å². The van der Waals surface area contributed by atoms with E-state index in [1.165, 1.54) is 36.4 Å². The average Bonchev–Trinajstić information content (AvgIpc) is 2.40. The van der Waals surface area contributed by atoms with Gasteiger partial charge in [0.25, 0.3) is 5.91 Å². The number of hydrogen-bond donors (Lipinski definition) is 3. The zero-order valence-corrected chi connectivity index (χ0v) is 10.8. The molecule has 0 unspecified atom stereocenters. The van der Waals surface area contributed by atoms with Crippen molar-refractivity contribution in [3.8, 4) is 0 Å². The number of anilines is 1. The maximum atomic E-state index is 11.9. The Morgan fingerprint density at radius 3 is 2.60 bits per heavy atom. The fraction of sp³-hybridized carbons (Fsp3) is 0. The fourth-order valence-corrected chi connectivity index (χ4v) is 1.74. The minimum absolute atomic E-state index is 0.0728. The lowest BCUT2D eigenvalue weighted by Crippen LogP contribution is -2.18. The van der Waals surface area contributed by atoms with Gasteiger partial charge in [0.05, 0.1) is 10.6 Å². The Kier molecular flexibility index (Phi) is 3.86. The second-order valence-corrected chi connectivity index (χ2v) is 4.29. The zero-order chi connectivity index (χ0) is 14.7. The van der Waals surface area contributed by atoms with E-state index < -0.39 is 17.4 Å². The van der Waals surface area contributed by atoms with E-state index in [2.05, 4.69) is 10.3 Å². The Morgan fingerprint density at radius 1 is 1.20 bits per heavy atom. The van der Waals surface area contributed by atoms with Gasteiger partial charge >= 0.3 is 5.97 Å². The molecule has 1 aromatic heterocycles. The van der Waals surface area contributed by atoms with E-state index in [0.717, 1.165) is 0 Å². The Hall–Kier alpha value is -2.60. The van der Waals surface area contributed by atoms with Gasteiger partial charge in [-0.25, -0.2) is 4.79 Å². The molecule has 1 heterocycles. The van der Waals surface area contributed by atoms with E-state index in [1.807, 2.05) is 0 Å². The molecule has 0 aliphatic rings. The molecule has 0 spiro atoms. The third-order valence-electron chi connectivity index (χ3n) is 2.47. The number of H-pyrrole nitrogens is 1. The minimum Gasteiger partial charge on any atom is -0.478 e. The van der Waals surface area contributed by atoms with Crippen molar-refractivity contribution >= 4 is 29.2 Å². The third-order valence-corrected chi connectivity index (χ3v) is 2.80. The number of carbonyl (C=O) groups excluding carboxylic acids is 1. The summed E-state index contributed by atoms with van der Waals surface area (Å²) in [6.45, 7) is 0. The summed E-state index contributed by atoms with van der Waals surface area (Å²) in [5.74, 6) is -1.75. The lowest BCUT2D eigenvalue weighted by atomic mass is 10.2. The van der Waals surface area contributed by atoms with E-state index in [9.17, 15) is 14.4 Å². The molecule has 0 aliphatic heterocycles. The van der Waals surface area contributed by atoms with Crippen LogP contribution in [0.3, 0.4) is 0 Å². The van der Waals surface area contributed by atoms with Crippen molar-refractivity contribution in [3.05, 3.63) is 63.0 Å². The van der Waals surface area contributed by atoms with E-state index in [-0.39, 0.29) is 22.0 Å². The van der Waals surface area contributed by atoms with Crippen molar-refractivity contribution in [2.45, 2.75) is 0 Å². The predicted molar refractivity (Wildman–Crippen MR) is 73.4 cm³/mol. The van der Waals surface area contributed by atoms with Gasteiger partial charge in [-0.2, -0.15) is 0 Å². The van der Waals surface area contributed by atoms with Crippen LogP contribution in [0.4, 0.5) is 5.69 Å². The maximum Gasteiger partial charge on any atom is 0.337 e. The molecular formula is C13H9ClN2O4. The van der Waals surface area contributed by atoms with Gasteiger partial charge in [0, 0.05) is 11.8 Å². The summed E-state index contributed by atoms with van der Waals surface area (Å²) in [6, 6.07) is 8.23. The number of aromatic amines is 1. The smallest absolute Gasteiger partial charge is 0.337 e. The molecule has 1 aromatic carbocycles. The quantitative estimate of drug-likeness (QED) is 0.805. The molecule has 0 saturated heterocycles. The highest BCUT2D eigenvalue weighted by Gasteiger charge is 2.12. The van der Waals surface area contributed by atoms with Crippen LogP contribution in [0.1, 0.15) is 20.8 Å². The van der Waals surface area contributed by atoms with Gasteiger partial charge in [-0.3, -0.25) is 9.59 Å². The van der Waals surface area contributed by atoms with Crippen LogP contribution in [0.25, 0.3) is 0 Å². The zero-order valence-electron chi connectivity index (χ0n) is 10.0. The number of halogens is 1. The number of carboxylic acids is 1. The fourth-order valence-electron chi connectivity index (χ4n) is 1.55. The summed E-state index contributed by atoms with van der Waals surface area (Å²) in [7, 11) is 0. The Bertz CT molecular complexity index is 739. The van der Waals surface area contributed by atoms with Crippen molar-refractivity contribution in [1.82, 2.24) is 4.98 Å². The van der Waals surface area contributed by atoms with Crippen molar-refractivity contribution in [1.29, 1.82) is 0 Å². The molecule has 0 atom stereocenters. The van der Waals surface area contributed by atoms with Crippen molar-refractivity contribution in [2.75, 3.05) is 5.32 Å². The van der Waals surface area contributed by atoms with Gasteiger partial charge in [-0.1, -0.05) is 17.7 Å². The highest BCUT2D eigenvalue weighted by Crippen LogP contribution is 2.20. The van der Waals surface area contributed by atoms with Gasteiger partial charge in [0.15, 0.2) is 0 Å². The normalized spacial score (nSPS) is 10.1. The Balaban J connectivity index is 2.26. The van der Waals surface area contributed by atoms with Crippen molar-refractivity contribution in [3.63, 3.8) is 0 Å². The lowest BCUT2D eigenvalue weighted by molar-refractivity contribution is 0.0696. The number of carbonyl (C=O) groups is 2. The molecule has 7 heteroatoms. The van der Waals surface area contributed by atoms with E-state index in [1.54, 1.807) is 0 Å². The van der Waals surface area contributed by atoms with Crippen molar-refractivity contribution in [2.24, 2.45) is 0 Å². The van der Waals surface area contributed by atoms with Crippen LogP contribution in [-0.4, -0.2) is 22.0 Å². The van der Waals surface area contributed by atoms with Crippen LogP contribution in [0.15, 0.2) is 41.2 Å². The molecule has 2 aromatic rings. The maximum absolute atomic E-state index is 11.9. The molecule has 0 saturated carbocycles. The molecule has 0 aliphatic carbocycles. The van der Waals surface area contributed by atoms with Gasteiger partial charge < -0.3 is 15.4 Å². The minimum atomic E-state index is -1.20. The Labute approximate surface area is 118 Å². The number of amides is 1. The van der Waals surface area contributed by atoms with Crippen LogP contribution in [0.5, 0.6) is 0 Å². The first-order valence-electron chi connectivity index (χ1n) is 5.51. The second-order valence-electron chi connectivity index (χ2n) is 3.88. The second kappa shape index (κ2) is 5.58. The van der Waals surface area contributed by atoms with Crippen LogP contribution in [-0.2, 0) is 0 Å². The first-order chi connectivity index (χ1) is 9.47. The van der Waals surface area contributed by atoms with E-state index >= 15 is 0 Å². The number of nitrogens with one attached hydrogen (secondary N) is 2. The Morgan fingerprint density at radius 2 is 1.95 bits per heavy atom. The van der Waals surface area contributed by atoms with Gasteiger partial charge in [0.1, 0.15) is 5.69 Å². The van der Waals surface area contributed by atoms with Crippen LogP contribution in [0, 0.1) is 0 Å². The molecule has 1 amide bonds. The monoisotopic (exact) mass is 292 g/mol. The number of benzene rings is 1. The number of rotatable bonds is 3. The summed E-state index contributed by atoms with van der Waals surface area (Å²) in [4.78, 5) is 36.3. The predicted octanol–water partition coefficient (Wildman–Crippen LogP) is 1.98. The van der Waals surface area contributed by atoms with Gasteiger partial charge in [-0.05, 0) is 24.3 Å². The highest BCUT2D eigenvalue weighted by molar-refractivity contribution is 6.33. The largest absolute Gasteiger partial charge is 0.478 e. The molecule has 0 fully saturated rings.